The van der Waals surface area contributed by atoms with Crippen molar-refractivity contribution in [2.24, 2.45) is 5.92 Å². The number of carbonyl (C=O) groups excluding carboxylic acids is 1. The van der Waals surface area contributed by atoms with Crippen molar-refractivity contribution in [1.82, 2.24) is 5.32 Å². The van der Waals surface area contributed by atoms with Gasteiger partial charge >= 0.3 is 0 Å². The molecule has 3 aromatic rings. The number of anilines is 2. The van der Waals surface area contributed by atoms with Crippen LogP contribution in [0.4, 0.5) is 17.1 Å². The van der Waals surface area contributed by atoms with Crippen molar-refractivity contribution in [3.8, 4) is 5.75 Å². The molecule has 8 nitrogen and oxygen atoms in total. The summed E-state index contributed by atoms with van der Waals surface area (Å²) in [5.74, 6) is -0.697. The Morgan fingerprint density at radius 3 is 2.56 bits per heavy atom. The van der Waals surface area contributed by atoms with E-state index < -0.39 is 22.6 Å². The van der Waals surface area contributed by atoms with Gasteiger partial charge in [-0.05, 0) is 61.6 Å². The standard InChI is InChI=1S/C24H19ClN4O4S/c1-24-20(22(30)26-15-9-7-14(25)8-10-15)21(18-13-17(29(31)32)11-12-19(18)33-24)27-23(34)28(24)16-5-3-2-4-6-16/h2-13,20-21H,1H3,(H,26,30)(H,27,34)/t20-,21-,24+/m1/s1. The molecule has 172 valence electrons. The minimum atomic E-state index is -1.21. The minimum absolute atomic E-state index is 0.0963. The molecule has 2 aliphatic rings. The van der Waals surface area contributed by atoms with Crippen molar-refractivity contribution in [3.05, 3.63) is 93.5 Å². The molecule has 1 fully saturated rings. The van der Waals surface area contributed by atoms with Crippen molar-refractivity contribution in [1.29, 1.82) is 0 Å². The molecule has 2 heterocycles. The molecular weight excluding hydrogens is 476 g/mol. The predicted molar refractivity (Wildman–Crippen MR) is 133 cm³/mol. The third-order valence-corrected chi connectivity index (χ3v) is 6.65. The van der Waals surface area contributed by atoms with Crippen molar-refractivity contribution in [2.45, 2.75) is 18.7 Å². The summed E-state index contributed by atoms with van der Waals surface area (Å²) in [7, 11) is 0. The molecule has 0 aliphatic carbocycles. The number of ether oxygens (including phenoxy) is 1. The van der Waals surface area contributed by atoms with Crippen LogP contribution < -0.4 is 20.3 Å². The van der Waals surface area contributed by atoms with Gasteiger partial charge in [0.2, 0.25) is 5.91 Å². The van der Waals surface area contributed by atoms with E-state index in [0.717, 1.165) is 5.69 Å². The number of non-ortho nitro benzene ring substituents is 1. The van der Waals surface area contributed by atoms with Gasteiger partial charge < -0.3 is 15.4 Å². The van der Waals surface area contributed by atoms with Crippen LogP contribution in [0.15, 0.2) is 72.8 Å². The number of nitro benzene ring substituents is 1. The number of fused-ring (bicyclic) bond motifs is 4. The van der Waals surface area contributed by atoms with Crippen LogP contribution in [0.5, 0.6) is 5.75 Å². The van der Waals surface area contributed by atoms with E-state index in [2.05, 4.69) is 10.6 Å². The van der Waals surface area contributed by atoms with Crippen LogP contribution in [-0.2, 0) is 4.79 Å². The fourth-order valence-electron chi connectivity index (χ4n) is 4.60. The van der Waals surface area contributed by atoms with E-state index in [9.17, 15) is 14.9 Å². The van der Waals surface area contributed by atoms with E-state index in [1.807, 2.05) is 30.3 Å². The summed E-state index contributed by atoms with van der Waals surface area (Å²) in [5, 5.41) is 18.5. The van der Waals surface area contributed by atoms with Gasteiger partial charge in [-0.25, -0.2) is 0 Å². The van der Waals surface area contributed by atoms with Gasteiger partial charge in [-0.2, -0.15) is 0 Å². The lowest BCUT2D eigenvalue weighted by atomic mass is 9.78. The second-order valence-electron chi connectivity index (χ2n) is 8.21. The molecule has 0 radical (unpaired) electrons. The van der Waals surface area contributed by atoms with Crippen molar-refractivity contribution in [3.63, 3.8) is 0 Å². The average Bonchev–Trinajstić information content (AvgIpc) is 2.80. The van der Waals surface area contributed by atoms with Crippen molar-refractivity contribution >= 4 is 51.9 Å². The van der Waals surface area contributed by atoms with Crippen LogP contribution in [0, 0.1) is 16.0 Å². The number of amides is 1. The SMILES string of the molecule is C[C@@]12Oc3ccc([N+](=O)[O-])cc3[C@@H](NC(=S)N1c1ccccc1)[C@@H]2C(=O)Nc1ccc(Cl)cc1. The monoisotopic (exact) mass is 494 g/mol. The third kappa shape index (κ3) is 3.63. The molecule has 2 bridgehead atoms. The largest absolute Gasteiger partial charge is 0.467 e. The first-order valence-electron chi connectivity index (χ1n) is 10.5. The number of para-hydroxylation sites is 1. The number of thiocarbonyl (C=S) groups is 1. The summed E-state index contributed by atoms with van der Waals surface area (Å²) < 4.78 is 6.45. The molecule has 2 N–H and O–H groups in total. The Balaban J connectivity index is 1.63. The first kappa shape index (κ1) is 22.1. The van der Waals surface area contributed by atoms with Crippen LogP contribution in [0.1, 0.15) is 18.5 Å². The maximum Gasteiger partial charge on any atom is 0.270 e. The highest BCUT2D eigenvalue weighted by Crippen LogP contribution is 2.50. The Hall–Kier alpha value is -3.69. The lowest BCUT2D eigenvalue weighted by Gasteiger charge is -2.55. The first-order valence-corrected chi connectivity index (χ1v) is 11.3. The molecule has 34 heavy (non-hydrogen) atoms. The second-order valence-corrected chi connectivity index (χ2v) is 9.03. The number of carbonyl (C=O) groups is 1. The normalized spacial score (nSPS) is 22.8. The van der Waals surface area contributed by atoms with Gasteiger partial charge in [-0.15, -0.1) is 0 Å². The highest BCUT2D eigenvalue weighted by atomic mass is 35.5. The average molecular weight is 495 g/mol. The van der Waals surface area contributed by atoms with Gasteiger partial charge in [-0.1, -0.05) is 29.8 Å². The van der Waals surface area contributed by atoms with Gasteiger partial charge in [-0.3, -0.25) is 19.8 Å². The number of halogens is 1. The molecular formula is C24H19ClN4O4S. The molecule has 0 spiro atoms. The van der Waals surface area contributed by atoms with E-state index in [1.54, 1.807) is 42.2 Å². The zero-order valence-electron chi connectivity index (χ0n) is 17.9. The van der Waals surface area contributed by atoms with E-state index in [0.29, 0.717) is 27.1 Å². The molecule has 0 unspecified atom stereocenters. The number of nitrogens with one attached hydrogen (secondary N) is 2. The van der Waals surface area contributed by atoms with Crippen LogP contribution in [0.3, 0.4) is 0 Å². The summed E-state index contributed by atoms with van der Waals surface area (Å²) >= 11 is 11.7. The molecule has 2 aliphatic heterocycles. The Morgan fingerprint density at radius 1 is 1.18 bits per heavy atom. The highest BCUT2D eigenvalue weighted by molar-refractivity contribution is 7.80. The number of hydrogen-bond acceptors (Lipinski definition) is 5. The lowest BCUT2D eigenvalue weighted by Crippen LogP contribution is -2.72. The highest BCUT2D eigenvalue weighted by Gasteiger charge is 2.59. The fraction of sp³-hybridized carbons (Fsp3) is 0.167. The van der Waals surface area contributed by atoms with Crippen LogP contribution >= 0.6 is 23.8 Å². The number of hydrogen-bond donors (Lipinski definition) is 2. The summed E-state index contributed by atoms with van der Waals surface area (Å²) in [6, 6.07) is 19.9. The molecule has 10 heteroatoms. The van der Waals surface area contributed by atoms with Crippen LogP contribution in [-0.4, -0.2) is 21.7 Å². The molecule has 5 rings (SSSR count). The molecule has 1 saturated heterocycles. The Morgan fingerprint density at radius 2 is 1.88 bits per heavy atom. The Labute approximate surface area is 205 Å². The van der Waals surface area contributed by atoms with Gasteiger partial charge in [0.1, 0.15) is 11.7 Å². The van der Waals surface area contributed by atoms with Crippen molar-refractivity contribution < 1.29 is 14.5 Å². The predicted octanol–water partition coefficient (Wildman–Crippen LogP) is 5.05. The lowest BCUT2D eigenvalue weighted by molar-refractivity contribution is -0.385. The summed E-state index contributed by atoms with van der Waals surface area (Å²) in [4.78, 5) is 26.4. The quantitative estimate of drug-likeness (QED) is 0.297. The maximum atomic E-state index is 13.7. The zero-order chi connectivity index (χ0) is 24.0. The minimum Gasteiger partial charge on any atom is -0.467 e. The van der Waals surface area contributed by atoms with Crippen molar-refractivity contribution in [2.75, 3.05) is 10.2 Å². The molecule has 0 aromatic heterocycles. The summed E-state index contributed by atoms with van der Waals surface area (Å²) in [6.45, 7) is 1.80. The number of nitro groups is 1. The molecule has 1 amide bonds. The Bertz CT molecular complexity index is 1300. The summed E-state index contributed by atoms with van der Waals surface area (Å²) in [6.07, 6.45) is 0. The molecule has 0 saturated carbocycles. The first-order chi connectivity index (χ1) is 16.3. The Kier molecular flexibility index (Phi) is 5.38. The second kappa shape index (κ2) is 8.27. The fourth-order valence-corrected chi connectivity index (χ4v) is 5.14. The topological polar surface area (TPSA) is 96.7 Å². The van der Waals surface area contributed by atoms with E-state index in [4.69, 9.17) is 28.6 Å². The number of rotatable bonds is 4. The number of nitrogens with zero attached hydrogens (tertiary/aromatic N) is 2. The van der Waals surface area contributed by atoms with Gasteiger partial charge in [0.25, 0.3) is 5.69 Å². The molecule has 3 aromatic carbocycles. The third-order valence-electron chi connectivity index (χ3n) is 6.10. The van der Waals surface area contributed by atoms with E-state index in [1.165, 1.54) is 12.1 Å². The van der Waals surface area contributed by atoms with Gasteiger partial charge in [0.15, 0.2) is 10.8 Å². The maximum absolute atomic E-state index is 13.7. The van der Waals surface area contributed by atoms with Gasteiger partial charge in [0, 0.05) is 34.1 Å². The zero-order valence-corrected chi connectivity index (χ0v) is 19.5. The van der Waals surface area contributed by atoms with Crippen LogP contribution in [0.2, 0.25) is 5.02 Å². The number of benzene rings is 3. The van der Waals surface area contributed by atoms with E-state index in [-0.39, 0.29) is 11.6 Å². The van der Waals surface area contributed by atoms with E-state index >= 15 is 0 Å². The van der Waals surface area contributed by atoms with Gasteiger partial charge in [0.05, 0.1) is 11.0 Å². The molecule has 3 atom stereocenters. The summed E-state index contributed by atoms with van der Waals surface area (Å²) in [5.41, 5.74) is 0.498. The van der Waals surface area contributed by atoms with Crippen LogP contribution in [0.25, 0.3) is 0 Å². The smallest absolute Gasteiger partial charge is 0.270 e.